The zero-order chi connectivity index (χ0) is 26.4. The van der Waals surface area contributed by atoms with Crippen LogP contribution in [0, 0.1) is 0 Å². The average Bonchev–Trinajstić information content (AvgIpc) is 3.39. The van der Waals surface area contributed by atoms with Crippen LogP contribution < -0.4 is 4.83 Å². The van der Waals surface area contributed by atoms with Crippen molar-refractivity contribution in [1.29, 1.82) is 0 Å². The number of sulfonamides is 1. The van der Waals surface area contributed by atoms with Crippen LogP contribution >= 0.6 is 34.8 Å². The van der Waals surface area contributed by atoms with Crippen molar-refractivity contribution >= 4 is 50.9 Å². The molecule has 1 N–H and O–H groups in total. The fraction of sp³-hybridized carbons (Fsp3) is 0.370. The van der Waals surface area contributed by atoms with Crippen LogP contribution in [-0.4, -0.2) is 36.3 Å². The van der Waals surface area contributed by atoms with Crippen LogP contribution in [0.3, 0.4) is 0 Å². The number of hydrogen-bond donors (Lipinski definition) is 1. The second kappa shape index (κ2) is 12.8. The molecule has 1 aromatic carbocycles. The number of hydrogen-bond acceptors (Lipinski definition) is 4. The maximum atomic E-state index is 12.7. The lowest BCUT2D eigenvalue weighted by molar-refractivity contribution is 0.201. The molecule has 2 heterocycles. The first-order chi connectivity index (χ1) is 17.7. The third-order valence-electron chi connectivity index (χ3n) is 6.52. The van der Waals surface area contributed by atoms with E-state index in [9.17, 15) is 8.42 Å². The van der Waals surface area contributed by atoms with Crippen molar-refractivity contribution in [1.82, 2.24) is 19.6 Å². The van der Waals surface area contributed by atoms with Gasteiger partial charge in [0, 0.05) is 50.8 Å². The average molecular weight is 582 g/mol. The zero-order valence-corrected chi connectivity index (χ0v) is 23.6. The summed E-state index contributed by atoms with van der Waals surface area (Å²) in [5.74, 6) is 0.204. The van der Waals surface area contributed by atoms with Gasteiger partial charge in [0.05, 0.1) is 12.2 Å². The number of halogens is 3. The number of nitrogens with one attached hydrogen (secondary N) is 1. The van der Waals surface area contributed by atoms with Crippen LogP contribution in [0.4, 0.5) is 0 Å². The SMILES string of the molecule is C=C/C=C(Cl)\C=C(\Cl)Cn1nc(/C=C/S(=O)(=O)NN2CCCCC2)c2c1C(Cc1cccc(Cl)c1)CC2. The molecular formula is C27H31Cl3N4O2S. The van der Waals surface area contributed by atoms with Gasteiger partial charge in [-0.25, -0.2) is 13.4 Å². The molecule has 1 aliphatic carbocycles. The van der Waals surface area contributed by atoms with Gasteiger partial charge in [-0.2, -0.15) is 5.10 Å². The van der Waals surface area contributed by atoms with Gasteiger partial charge in [-0.15, -0.1) is 4.83 Å². The fourth-order valence-corrected chi connectivity index (χ4v) is 6.58. The summed E-state index contributed by atoms with van der Waals surface area (Å²) in [7, 11) is -3.64. The van der Waals surface area contributed by atoms with Crippen molar-refractivity contribution in [3.8, 4) is 0 Å². The van der Waals surface area contributed by atoms with Crippen LogP contribution in [-0.2, 0) is 29.4 Å². The predicted molar refractivity (Wildman–Crippen MR) is 153 cm³/mol. The van der Waals surface area contributed by atoms with Crippen LogP contribution in [0.1, 0.15) is 54.1 Å². The van der Waals surface area contributed by atoms with Gasteiger partial charge in [0.1, 0.15) is 0 Å². The maximum Gasteiger partial charge on any atom is 0.246 e. The molecule has 2 aliphatic rings. The number of benzene rings is 1. The topological polar surface area (TPSA) is 67.2 Å². The molecule has 2 aromatic rings. The Kier molecular flexibility index (Phi) is 9.73. The van der Waals surface area contributed by atoms with E-state index in [0.717, 1.165) is 68.4 Å². The largest absolute Gasteiger partial charge is 0.263 e. The van der Waals surface area contributed by atoms with E-state index in [2.05, 4.69) is 17.5 Å². The monoisotopic (exact) mass is 580 g/mol. The van der Waals surface area contributed by atoms with Crippen LogP contribution in [0.5, 0.6) is 0 Å². The third-order valence-corrected chi connectivity index (χ3v) is 8.22. The first kappa shape index (κ1) is 28.1. The highest BCUT2D eigenvalue weighted by atomic mass is 35.5. The van der Waals surface area contributed by atoms with Gasteiger partial charge in [0.15, 0.2) is 0 Å². The minimum Gasteiger partial charge on any atom is -0.263 e. The normalized spacial score (nSPS) is 19.5. The minimum absolute atomic E-state index is 0.204. The summed E-state index contributed by atoms with van der Waals surface area (Å²) < 4.78 is 27.3. The Bertz CT molecular complexity index is 1330. The van der Waals surface area contributed by atoms with E-state index in [-0.39, 0.29) is 5.92 Å². The summed E-state index contributed by atoms with van der Waals surface area (Å²) in [5, 5.41) is 9.43. The zero-order valence-electron chi connectivity index (χ0n) is 20.5. The molecule has 1 aromatic heterocycles. The molecular weight excluding hydrogens is 551 g/mol. The van der Waals surface area contributed by atoms with Gasteiger partial charge in [-0.05, 0) is 68.0 Å². The highest BCUT2D eigenvalue weighted by molar-refractivity contribution is 7.92. The number of allylic oxidation sites excluding steroid dienone is 5. The second-order valence-corrected chi connectivity index (χ2v) is 12.2. The Hall–Kier alpha value is -1.87. The molecule has 6 nitrogen and oxygen atoms in total. The summed E-state index contributed by atoms with van der Waals surface area (Å²) in [5.41, 5.74) is 3.90. The molecule has 0 bridgehead atoms. The Morgan fingerprint density at radius 3 is 2.73 bits per heavy atom. The Morgan fingerprint density at radius 2 is 2.00 bits per heavy atom. The molecule has 0 spiro atoms. The summed E-state index contributed by atoms with van der Waals surface area (Å²) in [4.78, 5) is 2.66. The Balaban J connectivity index is 1.62. The van der Waals surface area contributed by atoms with Gasteiger partial charge in [-0.3, -0.25) is 4.68 Å². The summed E-state index contributed by atoms with van der Waals surface area (Å²) in [6.07, 6.45) is 12.1. The van der Waals surface area contributed by atoms with E-state index in [1.54, 1.807) is 29.3 Å². The molecule has 1 saturated heterocycles. The van der Waals surface area contributed by atoms with E-state index in [4.69, 9.17) is 39.9 Å². The van der Waals surface area contributed by atoms with Crippen molar-refractivity contribution in [2.45, 2.75) is 51.0 Å². The fourth-order valence-electron chi connectivity index (χ4n) is 4.95. The van der Waals surface area contributed by atoms with Crippen LogP contribution in [0.15, 0.2) is 64.5 Å². The first-order valence-corrected chi connectivity index (χ1v) is 15.1. The van der Waals surface area contributed by atoms with Crippen LogP contribution in [0.25, 0.3) is 6.08 Å². The first-order valence-electron chi connectivity index (χ1n) is 12.4. The van der Waals surface area contributed by atoms with Crippen molar-refractivity contribution in [3.05, 3.63) is 92.1 Å². The smallest absolute Gasteiger partial charge is 0.246 e. The van der Waals surface area contributed by atoms with E-state index < -0.39 is 10.0 Å². The Labute approximate surface area is 234 Å². The number of piperidine rings is 1. The van der Waals surface area contributed by atoms with Crippen molar-refractivity contribution in [3.63, 3.8) is 0 Å². The number of nitrogens with zero attached hydrogens (tertiary/aromatic N) is 3. The molecule has 1 fully saturated rings. The molecule has 0 amide bonds. The lowest BCUT2D eigenvalue weighted by atomic mass is 9.97. The number of fused-ring (bicyclic) bond motifs is 1. The lowest BCUT2D eigenvalue weighted by Gasteiger charge is -2.25. The maximum absolute atomic E-state index is 12.7. The van der Waals surface area contributed by atoms with Gasteiger partial charge < -0.3 is 0 Å². The van der Waals surface area contributed by atoms with Gasteiger partial charge >= 0.3 is 0 Å². The number of aromatic nitrogens is 2. The molecule has 1 aliphatic heterocycles. The van der Waals surface area contributed by atoms with E-state index in [1.807, 2.05) is 22.9 Å². The Morgan fingerprint density at radius 1 is 1.22 bits per heavy atom. The molecule has 1 unspecified atom stereocenters. The molecule has 198 valence electrons. The molecule has 0 saturated carbocycles. The standard InChI is InChI=1S/C27H31Cl3N4O2S/c1-2-7-22(28)18-24(30)19-34-27-21(16-20-8-6-9-23(29)17-20)10-11-25(27)26(31-34)12-15-37(35,36)32-33-13-4-3-5-14-33/h2,6-9,12,15,17-18,21,32H,1,3-5,10-11,13-14,16,19H2/b15-12+,22-7+,24-18+. The lowest BCUT2D eigenvalue weighted by Crippen LogP contribution is -2.44. The highest BCUT2D eigenvalue weighted by Crippen LogP contribution is 2.39. The number of rotatable bonds is 10. The van der Waals surface area contributed by atoms with E-state index in [0.29, 0.717) is 27.3 Å². The van der Waals surface area contributed by atoms with E-state index in [1.165, 1.54) is 5.41 Å². The molecule has 10 heteroatoms. The van der Waals surface area contributed by atoms with Crippen molar-refractivity contribution in [2.24, 2.45) is 0 Å². The molecule has 4 rings (SSSR count). The summed E-state index contributed by atoms with van der Waals surface area (Å²) in [6, 6.07) is 7.86. The van der Waals surface area contributed by atoms with E-state index >= 15 is 0 Å². The van der Waals surface area contributed by atoms with Crippen molar-refractivity contribution < 1.29 is 8.42 Å². The predicted octanol–water partition coefficient (Wildman–Crippen LogP) is 6.53. The third kappa shape index (κ3) is 7.82. The van der Waals surface area contributed by atoms with Gasteiger partial charge in [0.25, 0.3) is 0 Å². The second-order valence-electron chi connectivity index (χ2n) is 9.34. The van der Waals surface area contributed by atoms with Gasteiger partial charge in [-0.1, -0.05) is 66.0 Å². The van der Waals surface area contributed by atoms with Crippen LogP contribution in [0.2, 0.25) is 5.02 Å². The molecule has 1 atom stereocenters. The van der Waals surface area contributed by atoms with Crippen molar-refractivity contribution in [2.75, 3.05) is 13.1 Å². The molecule has 37 heavy (non-hydrogen) atoms. The summed E-state index contributed by atoms with van der Waals surface area (Å²) in [6.45, 7) is 5.41. The quantitative estimate of drug-likeness (QED) is 0.324. The minimum atomic E-state index is -3.64. The summed E-state index contributed by atoms with van der Waals surface area (Å²) >= 11 is 19.0. The van der Waals surface area contributed by atoms with Gasteiger partial charge in [0.2, 0.25) is 10.0 Å². The molecule has 0 radical (unpaired) electrons. The highest BCUT2D eigenvalue weighted by Gasteiger charge is 2.30. The number of hydrazine groups is 1.